The van der Waals surface area contributed by atoms with Crippen molar-refractivity contribution in [3.05, 3.63) is 83.6 Å². The van der Waals surface area contributed by atoms with E-state index in [0.717, 1.165) is 11.3 Å². The monoisotopic (exact) mass is 480 g/mol. The third-order valence-electron chi connectivity index (χ3n) is 4.78. The fourth-order valence-electron chi connectivity index (χ4n) is 3.05. The molecular formula is C24H21ClN4O5. The number of oxazole rings is 1. The number of amides is 3. The van der Waals surface area contributed by atoms with Crippen LogP contribution in [0.25, 0.3) is 11.5 Å². The predicted molar refractivity (Wildman–Crippen MR) is 127 cm³/mol. The van der Waals surface area contributed by atoms with E-state index in [1.807, 2.05) is 24.3 Å². The first-order valence-electron chi connectivity index (χ1n) is 10.3. The van der Waals surface area contributed by atoms with E-state index in [-0.39, 0.29) is 10.8 Å². The van der Waals surface area contributed by atoms with E-state index in [9.17, 15) is 9.59 Å². The van der Waals surface area contributed by atoms with Gasteiger partial charge in [-0.3, -0.25) is 4.79 Å². The molecule has 4 aromatic rings. The van der Waals surface area contributed by atoms with Crippen LogP contribution in [-0.4, -0.2) is 30.6 Å². The van der Waals surface area contributed by atoms with Gasteiger partial charge in [0.1, 0.15) is 12.0 Å². The number of furan rings is 1. The van der Waals surface area contributed by atoms with E-state index in [1.165, 1.54) is 12.3 Å². The molecule has 0 radical (unpaired) electrons. The minimum absolute atomic E-state index is 0.167. The lowest BCUT2D eigenvalue weighted by atomic mass is 10.2. The molecule has 3 N–H and O–H groups in total. The lowest BCUT2D eigenvalue weighted by Gasteiger charge is -2.10. The van der Waals surface area contributed by atoms with Crippen LogP contribution in [0, 0.1) is 0 Å². The average molecular weight is 481 g/mol. The van der Waals surface area contributed by atoms with Crippen molar-refractivity contribution in [1.82, 2.24) is 10.3 Å². The van der Waals surface area contributed by atoms with Gasteiger partial charge in [-0.25, -0.2) is 9.78 Å². The summed E-state index contributed by atoms with van der Waals surface area (Å²) in [5.41, 5.74) is 2.42. The fourth-order valence-corrected chi connectivity index (χ4v) is 3.28. The Hall–Kier alpha value is -4.24. The van der Waals surface area contributed by atoms with Gasteiger partial charge in [0.05, 0.1) is 29.8 Å². The maximum Gasteiger partial charge on any atom is 0.319 e. The normalized spacial score (nSPS) is 10.5. The number of hydrogen-bond donors (Lipinski definition) is 3. The van der Waals surface area contributed by atoms with E-state index >= 15 is 0 Å². The highest BCUT2D eigenvalue weighted by Gasteiger charge is 2.12. The van der Waals surface area contributed by atoms with Crippen molar-refractivity contribution in [1.29, 1.82) is 0 Å². The summed E-state index contributed by atoms with van der Waals surface area (Å²) in [5, 5.41) is 8.37. The standard InChI is InChI=1S/C24H21ClN4O5/c1-32-18-7-4-15(5-8-18)23-27-17(14-34-23)10-11-26-24(31)28-16-6-9-20(19(25)13-16)29-22(30)21-3-2-12-33-21/h2-9,12-14H,10-11H2,1H3,(H,29,30)(H2,26,28,31). The summed E-state index contributed by atoms with van der Waals surface area (Å²) in [5.74, 6) is 0.991. The number of carbonyl (C=O) groups excluding carboxylic acids is 2. The van der Waals surface area contributed by atoms with E-state index in [1.54, 1.807) is 37.6 Å². The molecule has 0 bridgehead atoms. The van der Waals surface area contributed by atoms with Gasteiger partial charge in [0.2, 0.25) is 5.89 Å². The van der Waals surface area contributed by atoms with Gasteiger partial charge in [-0.05, 0) is 54.6 Å². The van der Waals surface area contributed by atoms with Gasteiger partial charge >= 0.3 is 6.03 Å². The van der Waals surface area contributed by atoms with Crippen LogP contribution >= 0.6 is 11.6 Å². The molecule has 0 saturated heterocycles. The highest BCUT2D eigenvalue weighted by molar-refractivity contribution is 6.34. The number of rotatable bonds is 8. The first kappa shape index (κ1) is 22.9. The Morgan fingerprint density at radius 3 is 2.59 bits per heavy atom. The molecule has 0 unspecified atom stereocenters. The molecule has 3 amide bonds. The van der Waals surface area contributed by atoms with Crippen molar-refractivity contribution in [2.75, 3.05) is 24.3 Å². The van der Waals surface area contributed by atoms with Crippen molar-refractivity contribution < 1.29 is 23.2 Å². The van der Waals surface area contributed by atoms with E-state index in [4.69, 9.17) is 25.2 Å². The number of anilines is 2. The van der Waals surface area contributed by atoms with Gasteiger partial charge in [0.15, 0.2) is 5.76 Å². The molecule has 0 atom stereocenters. The van der Waals surface area contributed by atoms with Crippen LogP contribution in [0.3, 0.4) is 0 Å². The number of nitrogens with one attached hydrogen (secondary N) is 3. The second-order valence-corrected chi connectivity index (χ2v) is 7.54. The van der Waals surface area contributed by atoms with E-state index in [2.05, 4.69) is 20.9 Å². The van der Waals surface area contributed by atoms with Crippen LogP contribution in [0.2, 0.25) is 5.02 Å². The maximum atomic E-state index is 12.2. The van der Waals surface area contributed by atoms with Gasteiger partial charge in [-0.1, -0.05) is 11.6 Å². The zero-order chi connectivity index (χ0) is 23.9. The Bertz CT molecular complexity index is 1270. The van der Waals surface area contributed by atoms with Crippen LogP contribution < -0.4 is 20.7 Å². The molecule has 2 aromatic heterocycles. The highest BCUT2D eigenvalue weighted by atomic mass is 35.5. The topological polar surface area (TPSA) is 119 Å². The molecule has 0 saturated carbocycles. The van der Waals surface area contributed by atoms with Crippen LogP contribution in [0.15, 0.2) is 76.0 Å². The Morgan fingerprint density at radius 1 is 1.06 bits per heavy atom. The minimum Gasteiger partial charge on any atom is -0.497 e. The lowest BCUT2D eigenvalue weighted by molar-refractivity contribution is 0.0996. The SMILES string of the molecule is COc1ccc(-c2nc(CCNC(=O)Nc3ccc(NC(=O)c4ccco4)c(Cl)c3)co2)cc1. The van der Waals surface area contributed by atoms with Crippen LogP contribution in [0.4, 0.5) is 16.2 Å². The Labute approximate surface area is 200 Å². The van der Waals surface area contributed by atoms with Crippen molar-refractivity contribution in [3.63, 3.8) is 0 Å². The van der Waals surface area contributed by atoms with Crippen molar-refractivity contribution in [2.45, 2.75) is 6.42 Å². The number of nitrogens with zero attached hydrogens (tertiary/aromatic N) is 1. The first-order chi connectivity index (χ1) is 16.5. The Kier molecular flexibility index (Phi) is 7.14. The quantitative estimate of drug-likeness (QED) is 0.318. The number of urea groups is 1. The lowest BCUT2D eigenvalue weighted by Crippen LogP contribution is -2.30. The summed E-state index contributed by atoms with van der Waals surface area (Å²) in [7, 11) is 1.61. The summed E-state index contributed by atoms with van der Waals surface area (Å²) < 4.78 is 15.7. The van der Waals surface area contributed by atoms with Crippen molar-refractivity contribution >= 4 is 34.9 Å². The van der Waals surface area contributed by atoms with Crippen molar-refractivity contribution in [2.24, 2.45) is 0 Å². The molecule has 4 rings (SSSR count). The van der Waals surface area contributed by atoms with Crippen LogP contribution in [0.1, 0.15) is 16.2 Å². The Morgan fingerprint density at radius 2 is 1.88 bits per heavy atom. The largest absolute Gasteiger partial charge is 0.497 e. The summed E-state index contributed by atoms with van der Waals surface area (Å²) in [6.07, 6.45) is 3.46. The van der Waals surface area contributed by atoms with Crippen LogP contribution in [0.5, 0.6) is 5.75 Å². The number of carbonyl (C=O) groups is 2. The number of hydrogen-bond acceptors (Lipinski definition) is 6. The molecule has 0 aliphatic heterocycles. The molecule has 9 nitrogen and oxygen atoms in total. The van der Waals surface area contributed by atoms with E-state index < -0.39 is 11.9 Å². The minimum atomic E-state index is -0.423. The third-order valence-corrected chi connectivity index (χ3v) is 5.09. The molecular weight excluding hydrogens is 460 g/mol. The summed E-state index contributed by atoms with van der Waals surface area (Å²) in [6, 6.07) is 14.9. The van der Waals surface area contributed by atoms with Crippen molar-refractivity contribution in [3.8, 4) is 17.2 Å². The molecule has 0 spiro atoms. The summed E-state index contributed by atoms with van der Waals surface area (Å²) >= 11 is 6.23. The average Bonchev–Trinajstić information content (AvgIpc) is 3.54. The molecule has 0 aliphatic carbocycles. The number of methoxy groups -OCH3 is 1. The highest BCUT2D eigenvalue weighted by Crippen LogP contribution is 2.26. The van der Waals surface area contributed by atoms with Gasteiger partial charge < -0.3 is 29.5 Å². The summed E-state index contributed by atoms with van der Waals surface area (Å²) in [6.45, 7) is 0.353. The number of ether oxygens (including phenoxy) is 1. The van der Waals surface area contributed by atoms with Gasteiger partial charge in [0, 0.05) is 24.2 Å². The fraction of sp³-hybridized carbons (Fsp3) is 0.125. The Balaban J connectivity index is 1.25. The molecule has 10 heteroatoms. The number of benzene rings is 2. The zero-order valence-electron chi connectivity index (χ0n) is 18.1. The molecule has 2 heterocycles. The second-order valence-electron chi connectivity index (χ2n) is 7.13. The van der Waals surface area contributed by atoms with E-state index in [0.29, 0.717) is 35.9 Å². The van der Waals surface area contributed by atoms with Gasteiger partial charge in [0.25, 0.3) is 5.91 Å². The summed E-state index contributed by atoms with van der Waals surface area (Å²) in [4.78, 5) is 28.7. The van der Waals surface area contributed by atoms with Gasteiger partial charge in [-0.15, -0.1) is 0 Å². The number of halogens is 1. The molecule has 0 aliphatic rings. The van der Waals surface area contributed by atoms with Crippen LogP contribution in [-0.2, 0) is 6.42 Å². The molecule has 0 fully saturated rings. The number of aromatic nitrogens is 1. The molecule has 2 aromatic carbocycles. The third kappa shape index (κ3) is 5.76. The van der Waals surface area contributed by atoms with Gasteiger partial charge in [-0.2, -0.15) is 0 Å². The molecule has 174 valence electrons. The smallest absolute Gasteiger partial charge is 0.319 e. The second kappa shape index (κ2) is 10.6. The predicted octanol–water partition coefficient (Wildman–Crippen LogP) is 5.21. The molecule has 34 heavy (non-hydrogen) atoms. The first-order valence-corrected chi connectivity index (χ1v) is 10.7. The zero-order valence-corrected chi connectivity index (χ0v) is 18.9. The maximum absolute atomic E-state index is 12.2.